The molecule has 0 unspecified atom stereocenters. The van der Waals surface area contributed by atoms with Gasteiger partial charge in [0.25, 0.3) is 0 Å². The van der Waals surface area contributed by atoms with Crippen LogP contribution in [0.3, 0.4) is 0 Å². The summed E-state index contributed by atoms with van der Waals surface area (Å²) >= 11 is 6.52. The number of hydrogen-bond donors (Lipinski definition) is 3. The van der Waals surface area contributed by atoms with Crippen molar-refractivity contribution in [2.75, 3.05) is 13.6 Å². The molecule has 0 amide bonds. The summed E-state index contributed by atoms with van der Waals surface area (Å²) < 4.78 is 7.76. The van der Waals surface area contributed by atoms with Crippen molar-refractivity contribution in [2.24, 2.45) is 5.73 Å². The van der Waals surface area contributed by atoms with Crippen LogP contribution >= 0.6 is 11.6 Å². The number of H-pyrrole nitrogens is 1. The summed E-state index contributed by atoms with van der Waals surface area (Å²) in [5.41, 5.74) is 9.55. The average molecular weight is 551 g/mol. The normalized spacial score (nSPS) is 12.0. The number of hydrogen-bond acceptors (Lipinski definition) is 8. The number of carbonyl (C=O) groups excluding carboxylic acids is 1. The molecule has 0 radical (unpaired) electrons. The highest BCUT2D eigenvalue weighted by Crippen LogP contribution is 2.31. The number of nitrogens with one attached hydrogen (secondary N) is 2. The number of carbonyl (C=O) groups is 1. The van der Waals surface area contributed by atoms with E-state index < -0.39 is 6.04 Å². The number of tetrazole rings is 1. The minimum absolute atomic E-state index is 0.192. The van der Waals surface area contributed by atoms with E-state index in [-0.39, 0.29) is 17.0 Å². The van der Waals surface area contributed by atoms with Gasteiger partial charge in [-0.25, -0.2) is 9.78 Å². The van der Waals surface area contributed by atoms with E-state index in [1.165, 1.54) is 0 Å². The molecule has 4 aromatic rings. The molecular weight excluding hydrogens is 516 g/mol. The zero-order chi connectivity index (χ0) is 27.6. The second-order valence-electron chi connectivity index (χ2n) is 9.34. The SMILES string of the molecule is CCCCc1nc(Cl)c(OC(=O)[C@H](CCCCN)NC)n1Cc1ccc(-c2ccccc2-c2nn[nH]n2)cc1. The number of ether oxygens (including phenoxy) is 1. The Balaban J connectivity index is 1.58. The number of unbranched alkanes of at least 4 members (excludes halogenated alkanes) is 2. The van der Waals surface area contributed by atoms with E-state index in [1.54, 1.807) is 7.05 Å². The van der Waals surface area contributed by atoms with E-state index in [9.17, 15) is 4.79 Å². The van der Waals surface area contributed by atoms with Gasteiger partial charge in [-0.2, -0.15) is 5.21 Å². The van der Waals surface area contributed by atoms with Crippen molar-refractivity contribution < 1.29 is 9.53 Å². The fourth-order valence-electron chi connectivity index (χ4n) is 4.45. The van der Waals surface area contributed by atoms with Gasteiger partial charge in [-0.05, 0) is 54.8 Å². The first kappa shape index (κ1) is 28.4. The highest BCUT2D eigenvalue weighted by Gasteiger charge is 2.24. The molecule has 206 valence electrons. The van der Waals surface area contributed by atoms with Gasteiger partial charge in [0.2, 0.25) is 11.7 Å². The van der Waals surface area contributed by atoms with E-state index in [0.29, 0.717) is 25.3 Å². The highest BCUT2D eigenvalue weighted by molar-refractivity contribution is 6.30. The third-order valence-corrected chi connectivity index (χ3v) is 6.86. The Morgan fingerprint density at radius 3 is 2.56 bits per heavy atom. The summed E-state index contributed by atoms with van der Waals surface area (Å²) in [6, 6.07) is 15.7. The number of esters is 1. The lowest BCUT2D eigenvalue weighted by Crippen LogP contribution is -2.37. The van der Waals surface area contributed by atoms with Crippen LogP contribution in [0.2, 0.25) is 5.15 Å². The van der Waals surface area contributed by atoms with Gasteiger partial charge in [-0.1, -0.05) is 79.9 Å². The molecule has 0 aliphatic rings. The lowest BCUT2D eigenvalue weighted by Gasteiger charge is -2.17. The molecule has 39 heavy (non-hydrogen) atoms. The molecule has 0 aliphatic heterocycles. The molecule has 11 heteroatoms. The van der Waals surface area contributed by atoms with Crippen molar-refractivity contribution in [1.82, 2.24) is 35.5 Å². The molecular formula is C28H35ClN8O2. The summed E-state index contributed by atoms with van der Waals surface area (Å²) in [6.45, 7) is 3.18. The number of benzene rings is 2. The van der Waals surface area contributed by atoms with Gasteiger partial charge in [0.15, 0.2) is 5.15 Å². The van der Waals surface area contributed by atoms with Crippen molar-refractivity contribution >= 4 is 17.6 Å². The number of rotatable bonds is 14. The van der Waals surface area contributed by atoms with Gasteiger partial charge in [0, 0.05) is 12.0 Å². The van der Waals surface area contributed by atoms with Crippen molar-refractivity contribution in [1.29, 1.82) is 0 Å². The van der Waals surface area contributed by atoms with E-state index in [2.05, 4.69) is 62.1 Å². The van der Waals surface area contributed by atoms with Gasteiger partial charge in [-0.15, -0.1) is 10.2 Å². The summed E-state index contributed by atoms with van der Waals surface area (Å²) in [4.78, 5) is 17.6. The molecule has 2 heterocycles. The zero-order valence-corrected chi connectivity index (χ0v) is 23.1. The Morgan fingerprint density at radius 1 is 1.13 bits per heavy atom. The predicted octanol–water partition coefficient (Wildman–Crippen LogP) is 4.40. The van der Waals surface area contributed by atoms with E-state index in [1.807, 2.05) is 28.8 Å². The number of halogens is 1. The van der Waals surface area contributed by atoms with Crippen LogP contribution in [-0.2, 0) is 17.8 Å². The Bertz CT molecular complexity index is 1340. The number of likely N-dealkylation sites (N-methyl/N-ethyl adjacent to an activating group) is 1. The van der Waals surface area contributed by atoms with Crippen LogP contribution in [0.1, 0.15) is 50.4 Å². The lowest BCUT2D eigenvalue weighted by molar-refractivity contribution is -0.137. The Hall–Kier alpha value is -3.60. The molecule has 1 atom stereocenters. The third-order valence-electron chi connectivity index (χ3n) is 6.61. The van der Waals surface area contributed by atoms with Gasteiger partial charge < -0.3 is 15.8 Å². The maximum Gasteiger partial charge on any atom is 0.329 e. The van der Waals surface area contributed by atoms with Crippen LogP contribution in [0.15, 0.2) is 48.5 Å². The Morgan fingerprint density at radius 2 is 1.90 bits per heavy atom. The smallest absolute Gasteiger partial charge is 0.329 e. The fraction of sp³-hybridized carbons (Fsp3) is 0.393. The van der Waals surface area contributed by atoms with Crippen LogP contribution < -0.4 is 15.8 Å². The van der Waals surface area contributed by atoms with Crippen molar-refractivity contribution in [2.45, 2.75) is 58.0 Å². The van der Waals surface area contributed by atoms with Gasteiger partial charge in [-0.3, -0.25) is 4.57 Å². The summed E-state index contributed by atoms with van der Waals surface area (Å²) in [6.07, 6.45) is 5.00. The van der Waals surface area contributed by atoms with Crippen LogP contribution in [0.25, 0.3) is 22.5 Å². The quantitative estimate of drug-likeness (QED) is 0.155. The van der Waals surface area contributed by atoms with Crippen LogP contribution in [0, 0.1) is 0 Å². The van der Waals surface area contributed by atoms with Crippen LogP contribution in [-0.4, -0.2) is 55.8 Å². The molecule has 0 saturated heterocycles. The van der Waals surface area contributed by atoms with Gasteiger partial charge >= 0.3 is 5.97 Å². The Kier molecular flexibility index (Phi) is 10.2. The minimum atomic E-state index is -0.450. The standard InChI is InChI=1S/C28H35ClN8O2/c1-3-4-12-24-32-25(29)27(39-28(38)23(31-2)11-7-8-17-30)37(24)18-19-13-15-20(16-14-19)21-9-5-6-10-22(21)26-33-35-36-34-26/h5-6,9-10,13-16,23,31H,3-4,7-8,11-12,17-18,30H2,1-2H3,(H,33,34,35,36)/t23-/m0/s1. The molecule has 4 N–H and O–H groups in total. The third kappa shape index (κ3) is 7.08. The lowest BCUT2D eigenvalue weighted by atomic mass is 9.98. The number of nitrogens with two attached hydrogens (primary N) is 1. The number of aryl methyl sites for hydroxylation is 1. The minimum Gasteiger partial charge on any atom is -0.405 e. The molecule has 4 rings (SSSR count). The molecule has 0 aliphatic carbocycles. The molecule has 0 bridgehead atoms. The van der Waals surface area contributed by atoms with Gasteiger partial charge in [0.1, 0.15) is 11.9 Å². The van der Waals surface area contributed by atoms with Crippen molar-refractivity contribution in [3.05, 3.63) is 65.1 Å². The fourth-order valence-corrected chi connectivity index (χ4v) is 4.69. The first-order chi connectivity index (χ1) is 19.0. The summed E-state index contributed by atoms with van der Waals surface area (Å²) in [5, 5.41) is 17.7. The van der Waals surface area contributed by atoms with E-state index in [4.69, 9.17) is 22.1 Å². The number of nitrogens with zero attached hydrogens (tertiary/aromatic N) is 5. The van der Waals surface area contributed by atoms with Crippen molar-refractivity contribution in [3.8, 4) is 28.4 Å². The summed E-state index contributed by atoms with van der Waals surface area (Å²) in [5.74, 6) is 1.23. The first-order valence-corrected chi connectivity index (χ1v) is 13.7. The van der Waals surface area contributed by atoms with Crippen LogP contribution in [0.5, 0.6) is 5.88 Å². The summed E-state index contributed by atoms with van der Waals surface area (Å²) in [7, 11) is 1.75. The van der Waals surface area contributed by atoms with E-state index in [0.717, 1.165) is 60.2 Å². The average Bonchev–Trinajstić information content (AvgIpc) is 3.59. The molecule has 0 fully saturated rings. The Labute approximate surface area is 233 Å². The van der Waals surface area contributed by atoms with Crippen molar-refractivity contribution in [3.63, 3.8) is 0 Å². The molecule has 2 aromatic heterocycles. The molecule has 0 spiro atoms. The van der Waals surface area contributed by atoms with Crippen LogP contribution in [0.4, 0.5) is 0 Å². The maximum absolute atomic E-state index is 13.0. The number of aromatic nitrogens is 6. The highest BCUT2D eigenvalue weighted by atomic mass is 35.5. The molecule has 10 nitrogen and oxygen atoms in total. The largest absolute Gasteiger partial charge is 0.405 e. The number of aromatic amines is 1. The molecule has 2 aromatic carbocycles. The number of imidazole rings is 1. The second-order valence-corrected chi connectivity index (χ2v) is 9.70. The topological polar surface area (TPSA) is 137 Å². The maximum atomic E-state index is 13.0. The molecule has 0 saturated carbocycles. The van der Waals surface area contributed by atoms with E-state index >= 15 is 0 Å². The monoisotopic (exact) mass is 550 g/mol. The zero-order valence-electron chi connectivity index (χ0n) is 22.4. The second kappa shape index (κ2) is 14.0. The first-order valence-electron chi connectivity index (χ1n) is 13.3. The predicted molar refractivity (Wildman–Crippen MR) is 151 cm³/mol. The van der Waals surface area contributed by atoms with Gasteiger partial charge in [0.05, 0.1) is 6.54 Å².